The van der Waals surface area contributed by atoms with Crippen molar-refractivity contribution in [2.75, 3.05) is 0 Å². The van der Waals surface area contributed by atoms with Gasteiger partial charge >= 0.3 is 179 Å². The Kier molecular flexibility index (Phi) is 5.97. The van der Waals surface area contributed by atoms with Crippen molar-refractivity contribution in [2.45, 2.75) is 12.8 Å². The van der Waals surface area contributed by atoms with Crippen LogP contribution in [0.1, 0.15) is 24.0 Å². The van der Waals surface area contributed by atoms with Gasteiger partial charge < -0.3 is 0 Å². The normalized spacial score (nSPS) is 15.0. The molecule has 0 atom stereocenters. The van der Waals surface area contributed by atoms with E-state index in [4.69, 9.17) is 5.63 Å². The molecule has 2 aromatic rings. The first kappa shape index (κ1) is 19.7. The summed E-state index contributed by atoms with van der Waals surface area (Å²) in [5.41, 5.74) is 1.96. The van der Waals surface area contributed by atoms with Crippen molar-refractivity contribution < 1.29 is 26.8 Å². The molecule has 2 aliphatic carbocycles. The molecule has 2 aliphatic rings. The predicted molar refractivity (Wildman–Crippen MR) is 118 cm³/mol. The zero-order valence-corrected chi connectivity index (χ0v) is 18.8. The van der Waals surface area contributed by atoms with Crippen LogP contribution in [-0.4, -0.2) is 0 Å². The quantitative estimate of drug-likeness (QED) is 0.419. The molecule has 0 heterocycles. The fraction of sp³-hybridized carbons (Fsp3) is 0.0769. The first-order valence-corrected chi connectivity index (χ1v) is 14.3. The zero-order chi connectivity index (χ0) is 20.1. The SMILES string of the molecule is C=Cc1ccccc1[O][Zr]([O]c1ccccc1C=C)([C]1=CC=CC1)[C]1=CC=CC1. The van der Waals surface area contributed by atoms with Gasteiger partial charge in [-0.25, -0.2) is 0 Å². The van der Waals surface area contributed by atoms with Crippen LogP contribution in [0.15, 0.2) is 105 Å². The molecule has 0 saturated carbocycles. The van der Waals surface area contributed by atoms with Crippen LogP contribution >= 0.6 is 0 Å². The maximum absolute atomic E-state index is 6.96. The Labute approximate surface area is 178 Å². The molecule has 0 spiro atoms. The molecule has 0 N–H and O–H groups in total. The molecule has 0 unspecified atom stereocenters. The molecule has 0 aromatic heterocycles. The van der Waals surface area contributed by atoms with E-state index < -0.39 is 21.1 Å². The van der Waals surface area contributed by atoms with Crippen LogP contribution < -0.4 is 5.63 Å². The molecule has 0 bridgehead atoms. The topological polar surface area (TPSA) is 18.5 Å². The fourth-order valence-electron chi connectivity index (χ4n) is 3.67. The fourth-order valence-corrected chi connectivity index (χ4v) is 12.0. The van der Waals surface area contributed by atoms with Crippen LogP contribution in [0.3, 0.4) is 0 Å². The first-order valence-electron chi connectivity index (χ1n) is 9.80. The third kappa shape index (κ3) is 3.93. The number of hydrogen-bond donors (Lipinski definition) is 0. The van der Waals surface area contributed by atoms with E-state index in [1.54, 1.807) is 0 Å². The van der Waals surface area contributed by atoms with Crippen molar-refractivity contribution in [3.63, 3.8) is 0 Å². The average Bonchev–Trinajstić information content (AvgIpc) is 3.48. The second kappa shape index (κ2) is 8.80. The molecule has 0 fully saturated rings. The van der Waals surface area contributed by atoms with Crippen molar-refractivity contribution in [3.8, 4) is 11.5 Å². The molecule has 3 heteroatoms. The van der Waals surface area contributed by atoms with Gasteiger partial charge in [-0.3, -0.25) is 0 Å². The van der Waals surface area contributed by atoms with Crippen LogP contribution in [-0.2, 0) is 21.1 Å². The second-order valence-corrected chi connectivity index (χ2v) is 14.1. The molecular weight excluding hydrogens is 436 g/mol. The Balaban J connectivity index is 1.86. The molecular formula is C26H24O2Zr. The second-order valence-electron chi connectivity index (χ2n) is 6.95. The van der Waals surface area contributed by atoms with Crippen molar-refractivity contribution in [1.29, 1.82) is 0 Å². The summed E-state index contributed by atoms with van der Waals surface area (Å²) >= 11 is -4.01. The van der Waals surface area contributed by atoms with Crippen molar-refractivity contribution >= 4 is 12.2 Å². The molecule has 29 heavy (non-hydrogen) atoms. The van der Waals surface area contributed by atoms with Gasteiger partial charge in [-0.05, 0) is 0 Å². The Morgan fingerprint density at radius 2 is 1.14 bits per heavy atom. The van der Waals surface area contributed by atoms with Crippen LogP contribution in [0, 0.1) is 0 Å². The van der Waals surface area contributed by atoms with E-state index in [2.05, 4.69) is 49.6 Å². The third-order valence-electron chi connectivity index (χ3n) is 5.17. The summed E-state index contributed by atoms with van der Waals surface area (Å²) in [5.74, 6) is 1.66. The summed E-state index contributed by atoms with van der Waals surface area (Å²) in [4.78, 5) is 0. The third-order valence-corrected chi connectivity index (χ3v) is 13.6. The van der Waals surface area contributed by atoms with Crippen molar-refractivity contribution in [3.05, 3.63) is 116 Å². The Morgan fingerprint density at radius 1 is 0.690 bits per heavy atom. The molecule has 0 aliphatic heterocycles. The number of benzene rings is 2. The van der Waals surface area contributed by atoms with Gasteiger partial charge in [0.05, 0.1) is 0 Å². The van der Waals surface area contributed by atoms with Gasteiger partial charge in [-0.15, -0.1) is 0 Å². The summed E-state index contributed by atoms with van der Waals surface area (Å²) in [6.07, 6.45) is 18.3. The molecule has 0 radical (unpaired) electrons. The summed E-state index contributed by atoms with van der Waals surface area (Å²) in [6.45, 7) is 7.93. The molecule has 0 amide bonds. The molecule has 144 valence electrons. The van der Waals surface area contributed by atoms with Crippen LogP contribution in [0.5, 0.6) is 11.5 Å². The minimum atomic E-state index is -4.01. The van der Waals surface area contributed by atoms with Crippen LogP contribution in [0.25, 0.3) is 12.2 Å². The number of allylic oxidation sites excluding steroid dienone is 8. The van der Waals surface area contributed by atoms with Crippen LogP contribution in [0.4, 0.5) is 0 Å². The van der Waals surface area contributed by atoms with Gasteiger partial charge in [0.1, 0.15) is 0 Å². The van der Waals surface area contributed by atoms with Crippen molar-refractivity contribution in [2.24, 2.45) is 0 Å². The Hall–Kier alpha value is -2.64. The maximum atomic E-state index is 6.96. The number of rotatable bonds is 8. The zero-order valence-electron chi connectivity index (χ0n) is 16.4. The Bertz CT molecular complexity index is 970. The van der Waals surface area contributed by atoms with E-state index in [0.29, 0.717) is 0 Å². The van der Waals surface area contributed by atoms with Crippen molar-refractivity contribution in [1.82, 2.24) is 0 Å². The van der Waals surface area contributed by atoms with Gasteiger partial charge in [-0.1, -0.05) is 0 Å². The predicted octanol–water partition coefficient (Wildman–Crippen LogP) is 7.10. The van der Waals surface area contributed by atoms with E-state index in [9.17, 15) is 0 Å². The Morgan fingerprint density at radius 3 is 1.52 bits per heavy atom. The van der Waals surface area contributed by atoms with Gasteiger partial charge in [0.15, 0.2) is 0 Å². The van der Waals surface area contributed by atoms with E-state index >= 15 is 0 Å². The van der Waals surface area contributed by atoms with E-state index in [1.165, 1.54) is 6.56 Å². The molecule has 4 rings (SSSR count). The summed E-state index contributed by atoms with van der Waals surface area (Å²) < 4.78 is 16.5. The standard InChI is InChI=1S/2C8H8O.2C5H5.Zr/c2*1-2-7-5-3-4-6-8(7)9;2*1-2-4-5-3-1;/h2*2-6,9H,1H2;2*1-3H,4H2;/q;;;;+2/p-2. The average molecular weight is 460 g/mol. The molecule has 2 nitrogen and oxygen atoms in total. The van der Waals surface area contributed by atoms with Gasteiger partial charge in [0, 0.05) is 0 Å². The van der Waals surface area contributed by atoms with E-state index in [-0.39, 0.29) is 0 Å². The number of para-hydroxylation sites is 2. The molecule has 2 aromatic carbocycles. The summed E-state index contributed by atoms with van der Waals surface area (Å²) in [7, 11) is 0. The van der Waals surface area contributed by atoms with E-state index in [0.717, 1.165) is 35.5 Å². The first-order chi connectivity index (χ1) is 14.3. The van der Waals surface area contributed by atoms with Gasteiger partial charge in [-0.2, -0.15) is 0 Å². The molecule has 0 saturated heterocycles. The summed E-state index contributed by atoms with van der Waals surface area (Å²) in [6, 6.07) is 16.1. The minimum absolute atomic E-state index is 0.829. The summed E-state index contributed by atoms with van der Waals surface area (Å²) in [5, 5.41) is 0. The monoisotopic (exact) mass is 458 g/mol. The van der Waals surface area contributed by atoms with Gasteiger partial charge in [0.25, 0.3) is 0 Å². The van der Waals surface area contributed by atoms with Gasteiger partial charge in [0.2, 0.25) is 0 Å². The van der Waals surface area contributed by atoms with Crippen LogP contribution in [0.2, 0.25) is 0 Å². The van der Waals surface area contributed by atoms with E-state index in [1.807, 2.05) is 60.7 Å². The number of hydrogen-bond acceptors (Lipinski definition) is 2.